The maximum Gasteiger partial charge on any atom is 2.00 e. The molecule has 0 amide bonds. The summed E-state index contributed by atoms with van der Waals surface area (Å²) in [4.78, 5) is 8.94. The van der Waals surface area contributed by atoms with E-state index in [0.717, 1.165) is 39.8 Å². The Morgan fingerprint density at radius 1 is 0.771 bits per heavy atom. The summed E-state index contributed by atoms with van der Waals surface area (Å²) in [5.74, 6) is 2.06. The molecular weight excluding hydrogens is 613 g/mol. The maximum absolute atomic E-state index is 6.02. The topological polar surface area (TPSA) is 39.9 Å². The van der Waals surface area contributed by atoms with Crippen LogP contribution in [0.15, 0.2) is 97.3 Å². The third-order valence-corrected chi connectivity index (χ3v) is 5.94. The second-order valence-electron chi connectivity index (χ2n) is 8.06. The van der Waals surface area contributed by atoms with E-state index in [1.54, 1.807) is 6.20 Å². The van der Waals surface area contributed by atoms with Gasteiger partial charge in [-0.15, -0.1) is 18.2 Å². The Bertz CT molecular complexity index is 1630. The van der Waals surface area contributed by atoms with E-state index >= 15 is 0 Å². The van der Waals surface area contributed by atoms with Crippen LogP contribution in [0, 0.1) is 12.1 Å². The largest absolute Gasteiger partial charge is 2.00 e. The van der Waals surface area contributed by atoms with Gasteiger partial charge < -0.3 is 9.30 Å². The first-order valence-corrected chi connectivity index (χ1v) is 11.3. The molecule has 0 unspecified atom stereocenters. The van der Waals surface area contributed by atoms with Gasteiger partial charge in [-0.2, -0.15) is 24.3 Å². The van der Waals surface area contributed by atoms with Crippen LogP contribution in [0.2, 0.25) is 0 Å². The Kier molecular flexibility index (Phi) is 6.48. The third kappa shape index (κ3) is 4.38. The first-order chi connectivity index (χ1) is 16.8. The fraction of sp³-hybridized carbons (Fsp3) is 0.0667. The van der Waals surface area contributed by atoms with Crippen LogP contribution < -0.4 is 4.74 Å². The molecule has 4 nitrogen and oxygen atoms in total. The molecule has 35 heavy (non-hydrogen) atoms. The van der Waals surface area contributed by atoms with Crippen LogP contribution >= 0.6 is 0 Å². The molecule has 3 aromatic heterocycles. The molecule has 0 radical (unpaired) electrons. The van der Waals surface area contributed by atoms with Crippen molar-refractivity contribution in [2.75, 3.05) is 0 Å². The van der Waals surface area contributed by atoms with Gasteiger partial charge in [0.15, 0.2) is 0 Å². The summed E-state index contributed by atoms with van der Waals surface area (Å²) in [6, 6.07) is 35.4. The van der Waals surface area contributed by atoms with Crippen LogP contribution in [0.4, 0.5) is 0 Å². The normalized spacial score (nSPS) is 10.9. The number of pyridine rings is 2. The minimum absolute atomic E-state index is 0. The van der Waals surface area contributed by atoms with E-state index in [1.807, 2.05) is 54.7 Å². The van der Waals surface area contributed by atoms with E-state index in [0.29, 0.717) is 11.6 Å². The Morgan fingerprint density at radius 2 is 1.63 bits per heavy atom. The molecular formula is C30H21N3OPt. The second kappa shape index (κ2) is 9.85. The van der Waals surface area contributed by atoms with Gasteiger partial charge in [0, 0.05) is 29.7 Å². The van der Waals surface area contributed by atoms with Crippen molar-refractivity contribution in [2.45, 2.75) is 13.3 Å². The monoisotopic (exact) mass is 634 g/mol. The summed E-state index contributed by atoms with van der Waals surface area (Å²) < 4.78 is 8.18. The third-order valence-electron chi connectivity index (χ3n) is 5.94. The molecule has 0 atom stereocenters. The van der Waals surface area contributed by atoms with Crippen molar-refractivity contribution < 1.29 is 25.8 Å². The van der Waals surface area contributed by atoms with Crippen LogP contribution in [0.25, 0.3) is 38.8 Å². The Hall–Kier alpha value is -3.75. The zero-order valence-corrected chi connectivity index (χ0v) is 21.3. The number of benzene rings is 3. The van der Waals surface area contributed by atoms with Gasteiger partial charge in [0.25, 0.3) is 0 Å². The number of nitrogens with zero attached hydrogens (tertiary/aromatic N) is 3. The summed E-state index contributed by atoms with van der Waals surface area (Å²) in [6.07, 6.45) is 4.52. The Morgan fingerprint density at radius 3 is 2.49 bits per heavy atom. The van der Waals surface area contributed by atoms with E-state index in [1.165, 1.54) is 10.9 Å². The van der Waals surface area contributed by atoms with Crippen molar-refractivity contribution >= 4 is 21.8 Å². The number of fused-ring (bicyclic) bond motifs is 3. The van der Waals surface area contributed by atoms with E-state index in [-0.39, 0.29) is 21.1 Å². The molecule has 3 aromatic carbocycles. The molecule has 0 fully saturated rings. The summed E-state index contributed by atoms with van der Waals surface area (Å²) >= 11 is 0. The van der Waals surface area contributed by atoms with Crippen LogP contribution in [0.5, 0.6) is 11.6 Å². The Labute approximate surface area is 218 Å². The summed E-state index contributed by atoms with van der Waals surface area (Å²) in [6.45, 7) is 2.11. The molecule has 6 aromatic rings. The molecule has 0 saturated carbocycles. The quantitative estimate of drug-likeness (QED) is 0.189. The first kappa shape index (κ1) is 23.0. The molecule has 0 spiro atoms. The number of aryl methyl sites for hydroxylation is 1. The van der Waals surface area contributed by atoms with Gasteiger partial charge >= 0.3 is 21.1 Å². The van der Waals surface area contributed by atoms with E-state index in [9.17, 15) is 0 Å². The van der Waals surface area contributed by atoms with Gasteiger partial charge in [-0.05, 0) is 47.2 Å². The van der Waals surface area contributed by atoms with Crippen LogP contribution in [-0.2, 0) is 27.5 Å². The smallest absolute Gasteiger partial charge is 0.460 e. The maximum atomic E-state index is 6.02. The molecule has 0 N–H and O–H groups in total. The summed E-state index contributed by atoms with van der Waals surface area (Å²) in [5.41, 5.74) is 5.11. The van der Waals surface area contributed by atoms with Gasteiger partial charge in [-0.1, -0.05) is 36.6 Å². The molecule has 3 heterocycles. The van der Waals surface area contributed by atoms with E-state index in [4.69, 9.17) is 4.74 Å². The molecule has 6 rings (SSSR count). The number of hydrogen-bond acceptors (Lipinski definition) is 3. The number of ether oxygens (including phenoxy) is 1. The van der Waals surface area contributed by atoms with Gasteiger partial charge in [-0.25, -0.2) is 21.1 Å². The standard InChI is InChI=1S/C30H21N3O.Pt/c1-2-21-15-17-32-30(18-21)34-24-9-7-8-22(19-24)23-13-14-26-25-10-3-4-11-27(25)33(28(26)20-23)29-12-5-6-16-31-29;/h3-18H,2H2,1H3;/q-2;+2. The van der Waals surface area contributed by atoms with Crippen molar-refractivity contribution in [3.05, 3.63) is 115 Å². The molecule has 0 aliphatic carbocycles. The average molecular weight is 635 g/mol. The summed E-state index contributed by atoms with van der Waals surface area (Å²) in [7, 11) is 0. The fourth-order valence-corrected chi connectivity index (χ4v) is 4.28. The predicted molar refractivity (Wildman–Crippen MR) is 135 cm³/mol. The van der Waals surface area contributed by atoms with Crippen LogP contribution in [0.1, 0.15) is 12.5 Å². The summed E-state index contributed by atoms with van der Waals surface area (Å²) in [5, 5.41) is 2.31. The van der Waals surface area contributed by atoms with Crippen molar-refractivity contribution in [1.29, 1.82) is 0 Å². The average Bonchev–Trinajstić information content (AvgIpc) is 3.23. The molecule has 172 valence electrons. The first-order valence-electron chi connectivity index (χ1n) is 11.3. The van der Waals surface area contributed by atoms with E-state index < -0.39 is 0 Å². The zero-order valence-electron chi connectivity index (χ0n) is 19.0. The molecule has 0 saturated heterocycles. The number of aromatic nitrogens is 3. The van der Waals surface area contributed by atoms with E-state index in [2.05, 4.69) is 70.0 Å². The Balaban J connectivity index is 0.00000253. The second-order valence-corrected chi connectivity index (χ2v) is 8.06. The molecule has 0 aliphatic heterocycles. The number of rotatable bonds is 5. The van der Waals surface area contributed by atoms with Crippen molar-refractivity contribution in [3.63, 3.8) is 0 Å². The molecule has 0 bridgehead atoms. The van der Waals surface area contributed by atoms with Crippen LogP contribution in [0.3, 0.4) is 0 Å². The predicted octanol–water partition coefficient (Wildman–Crippen LogP) is 7.19. The van der Waals surface area contributed by atoms with Gasteiger partial charge in [0.1, 0.15) is 5.82 Å². The number of hydrogen-bond donors (Lipinski definition) is 0. The van der Waals surface area contributed by atoms with Crippen molar-refractivity contribution in [3.8, 4) is 28.6 Å². The minimum atomic E-state index is 0. The molecule has 5 heteroatoms. The van der Waals surface area contributed by atoms with Crippen molar-refractivity contribution in [1.82, 2.24) is 14.5 Å². The van der Waals surface area contributed by atoms with Gasteiger partial charge in [0.05, 0.1) is 0 Å². The SMILES string of the molecule is CCc1ccnc(Oc2[c-]c(-c3[c-]c4c(cc3)c3ccccc3n4-c3ccccn3)ccc2)c1.[Pt+2]. The van der Waals surface area contributed by atoms with Gasteiger partial charge in [0.2, 0.25) is 5.88 Å². The van der Waals surface area contributed by atoms with Crippen LogP contribution in [-0.4, -0.2) is 14.5 Å². The minimum Gasteiger partial charge on any atom is -0.460 e. The van der Waals surface area contributed by atoms with Gasteiger partial charge in [-0.3, -0.25) is 0 Å². The van der Waals surface area contributed by atoms with Crippen molar-refractivity contribution in [2.24, 2.45) is 0 Å². The number of para-hydroxylation sites is 1. The molecule has 0 aliphatic rings. The fourth-order valence-electron chi connectivity index (χ4n) is 4.28. The zero-order chi connectivity index (χ0) is 22.9.